The highest BCUT2D eigenvalue weighted by Gasteiger charge is 2.44. The average molecular weight is 469 g/mol. The van der Waals surface area contributed by atoms with Gasteiger partial charge in [0.15, 0.2) is 0 Å². The predicted molar refractivity (Wildman–Crippen MR) is 135 cm³/mol. The number of nitrogens with two attached hydrogens (primary N) is 1. The summed E-state index contributed by atoms with van der Waals surface area (Å²) in [5.74, 6) is 0.413. The number of nitrogens with zero attached hydrogens (tertiary/aromatic N) is 3. The second-order valence-corrected chi connectivity index (χ2v) is 11.2. The van der Waals surface area contributed by atoms with Crippen molar-refractivity contribution in [2.45, 2.75) is 83.5 Å². The zero-order valence-corrected chi connectivity index (χ0v) is 21.0. The van der Waals surface area contributed by atoms with E-state index in [1.54, 1.807) is 6.92 Å². The molecule has 7 heteroatoms. The van der Waals surface area contributed by atoms with Gasteiger partial charge in [0.25, 0.3) is 0 Å². The van der Waals surface area contributed by atoms with Crippen LogP contribution in [0, 0.1) is 5.92 Å². The Hall–Kier alpha value is -1.96. The molecule has 2 amide bonds. The van der Waals surface area contributed by atoms with Crippen LogP contribution in [0.2, 0.25) is 0 Å². The first kappa shape index (κ1) is 23.8. The van der Waals surface area contributed by atoms with Crippen LogP contribution in [-0.2, 0) is 9.59 Å². The molecule has 3 fully saturated rings. The van der Waals surface area contributed by atoms with Crippen molar-refractivity contribution in [2.75, 3.05) is 42.5 Å². The summed E-state index contributed by atoms with van der Waals surface area (Å²) in [5, 5.41) is 3.55. The summed E-state index contributed by atoms with van der Waals surface area (Å²) >= 11 is 0. The van der Waals surface area contributed by atoms with Gasteiger partial charge in [0.1, 0.15) is 18.8 Å². The third-order valence-electron chi connectivity index (χ3n) is 8.61. The maximum Gasteiger partial charge on any atom is 0.230 e. The Balaban J connectivity index is 1.54. The zero-order chi connectivity index (χ0) is 23.9. The minimum Gasteiger partial charge on any atom is -0.314 e. The largest absolute Gasteiger partial charge is 0.314 e. The molecule has 0 bridgehead atoms. The molecule has 5 rings (SSSR count). The number of anilines is 2. The number of quaternary nitrogens is 1. The summed E-state index contributed by atoms with van der Waals surface area (Å²) < 4.78 is 1.04. The quantitative estimate of drug-likeness (QED) is 0.653. The Morgan fingerprint density at radius 2 is 1.71 bits per heavy atom. The molecule has 7 nitrogen and oxygen atoms in total. The Bertz CT molecular complexity index is 920. The number of hydrogen-bond acceptors (Lipinski definition) is 4. The maximum absolute atomic E-state index is 13.3. The lowest BCUT2D eigenvalue weighted by Gasteiger charge is -2.50. The van der Waals surface area contributed by atoms with Gasteiger partial charge in [0.05, 0.1) is 37.1 Å². The molecule has 34 heavy (non-hydrogen) atoms. The molecule has 3 unspecified atom stereocenters. The van der Waals surface area contributed by atoms with Crippen LogP contribution in [0.3, 0.4) is 0 Å². The molecule has 1 spiro atoms. The summed E-state index contributed by atoms with van der Waals surface area (Å²) in [6, 6.07) is 6.82. The van der Waals surface area contributed by atoms with Crippen LogP contribution in [0.5, 0.6) is 0 Å². The van der Waals surface area contributed by atoms with E-state index in [-0.39, 0.29) is 29.9 Å². The Labute approximate surface area is 204 Å². The van der Waals surface area contributed by atoms with Crippen molar-refractivity contribution < 1.29 is 14.1 Å². The van der Waals surface area contributed by atoms with E-state index in [4.69, 9.17) is 5.73 Å². The number of piperazine rings is 1. The van der Waals surface area contributed by atoms with E-state index in [1.165, 1.54) is 57.2 Å². The van der Waals surface area contributed by atoms with Gasteiger partial charge in [0, 0.05) is 24.9 Å². The Morgan fingerprint density at radius 1 is 1.03 bits per heavy atom. The molecule has 1 aromatic rings. The maximum atomic E-state index is 13.3. The normalized spacial score (nSPS) is 29.7. The van der Waals surface area contributed by atoms with Crippen LogP contribution < -0.4 is 20.9 Å². The van der Waals surface area contributed by atoms with Crippen LogP contribution in [0.1, 0.15) is 76.8 Å². The van der Waals surface area contributed by atoms with Gasteiger partial charge in [-0.2, -0.15) is 0 Å². The van der Waals surface area contributed by atoms with Crippen molar-refractivity contribution in [3.63, 3.8) is 0 Å². The number of amides is 2. The third kappa shape index (κ3) is 4.50. The van der Waals surface area contributed by atoms with Gasteiger partial charge in [-0.1, -0.05) is 18.9 Å². The van der Waals surface area contributed by atoms with Crippen LogP contribution in [-0.4, -0.2) is 61.2 Å². The molecule has 186 valence electrons. The van der Waals surface area contributed by atoms with Crippen molar-refractivity contribution in [1.82, 2.24) is 5.32 Å². The first-order valence-corrected chi connectivity index (χ1v) is 13.5. The number of fused-ring (bicyclic) bond motifs is 1. The van der Waals surface area contributed by atoms with Gasteiger partial charge in [-0.3, -0.25) is 14.9 Å². The molecule has 3 aliphatic heterocycles. The van der Waals surface area contributed by atoms with Crippen LogP contribution >= 0.6 is 0 Å². The number of carbonyl (C=O) groups excluding carboxylic acids is 2. The van der Waals surface area contributed by atoms with E-state index in [0.717, 1.165) is 41.8 Å². The lowest BCUT2D eigenvalue weighted by Crippen LogP contribution is -2.66. The summed E-state index contributed by atoms with van der Waals surface area (Å²) in [5.41, 5.74) is 9.53. The van der Waals surface area contributed by atoms with Crippen molar-refractivity contribution in [3.05, 3.63) is 23.8 Å². The molecule has 1 saturated carbocycles. The zero-order valence-electron chi connectivity index (χ0n) is 21.0. The molecular weight excluding hydrogens is 426 g/mol. The number of benzene rings is 1. The molecule has 1 aromatic carbocycles. The standard InChI is InChI=1S/C27H42N5O2/c1-19-17-30(27(34)21-9-10-21)24-15-22(11-12-23(24)31(19)20(2)33)25-16-29-26(28)18-32(25)13-7-5-3-4-6-8-14-32/h11-12,15,19,21,25-26,29H,3-10,13-14,16-18,28H2,1-2H3/q+1. The van der Waals surface area contributed by atoms with Crippen molar-refractivity contribution >= 4 is 23.2 Å². The molecule has 3 heterocycles. The SMILES string of the molecule is CC(=O)N1c2ccc(C3CNC(N)C[N+]34CCCCCCCC4)cc2N(C(=O)C2CC2)CC1C. The second-order valence-electron chi connectivity index (χ2n) is 11.2. The molecular formula is C27H42N5O2+. The molecule has 3 N–H and O–H groups in total. The molecule has 2 saturated heterocycles. The molecule has 0 aromatic heterocycles. The van der Waals surface area contributed by atoms with Gasteiger partial charge in [-0.05, 0) is 57.6 Å². The topological polar surface area (TPSA) is 78.7 Å². The molecule has 0 radical (unpaired) electrons. The summed E-state index contributed by atoms with van der Waals surface area (Å²) in [4.78, 5) is 29.7. The highest BCUT2D eigenvalue weighted by Crippen LogP contribution is 2.43. The second kappa shape index (κ2) is 9.59. The molecule has 4 aliphatic rings. The van der Waals surface area contributed by atoms with Crippen molar-refractivity contribution in [1.29, 1.82) is 0 Å². The predicted octanol–water partition coefficient (Wildman–Crippen LogP) is 3.28. The van der Waals surface area contributed by atoms with Crippen molar-refractivity contribution in [2.24, 2.45) is 11.7 Å². The molecule has 3 atom stereocenters. The number of rotatable bonds is 2. The van der Waals surface area contributed by atoms with Crippen LogP contribution in [0.25, 0.3) is 0 Å². The van der Waals surface area contributed by atoms with Gasteiger partial charge in [-0.25, -0.2) is 0 Å². The average Bonchev–Trinajstić information content (AvgIpc) is 3.64. The highest BCUT2D eigenvalue weighted by molar-refractivity contribution is 6.05. The van der Waals surface area contributed by atoms with Gasteiger partial charge < -0.3 is 20.0 Å². The monoisotopic (exact) mass is 468 g/mol. The lowest BCUT2D eigenvalue weighted by atomic mass is 9.95. The van der Waals surface area contributed by atoms with E-state index in [1.807, 2.05) is 16.7 Å². The van der Waals surface area contributed by atoms with Crippen molar-refractivity contribution in [3.8, 4) is 0 Å². The highest BCUT2D eigenvalue weighted by atomic mass is 16.2. The first-order valence-electron chi connectivity index (χ1n) is 13.5. The molecule has 1 aliphatic carbocycles. The van der Waals surface area contributed by atoms with E-state index in [0.29, 0.717) is 12.6 Å². The van der Waals surface area contributed by atoms with Gasteiger partial charge in [-0.15, -0.1) is 0 Å². The van der Waals surface area contributed by atoms with Crippen LogP contribution in [0.4, 0.5) is 11.4 Å². The fraction of sp³-hybridized carbons (Fsp3) is 0.704. The fourth-order valence-electron chi connectivity index (χ4n) is 6.73. The number of nitrogens with one attached hydrogen (secondary N) is 1. The summed E-state index contributed by atoms with van der Waals surface area (Å²) in [6.45, 7) is 8.37. The van der Waals surface area contributed by atoms with Gasteiger partial charge in [0.2, 0.25) is 11.8 Å². The minimum absolute atomic E-state index is 0.0237. The van der Waals surface area contributed by atoms with E-state index in [2.05, 4.69) is 23.5 Å². The minimum atomic E-state index is -0.0237. The van der Waals surface area contributed by atoms with E-state index < -0.39 is 0 Å². The summed E-state index contributed by atoms with van der Waals surface area (Å²) in [6.07, 6.45) is 9.77. The Morgan fingerprint density at radius 3 is 2.35 bits per heavy atom. The third-order valence-corrected chi connectivity index (χ3v) is 8.61. The summed E-state index contributed by atoms with van der Waals surface area (Å²) in [7, 11) is 0. The van der Waals surface area contributed by atoms with E-state index in [9.17, 15) is 9.59 Å². The van der Waals surface area contributed by atoms with E-state index >= 15 is 0 Å². The number of carbonyl (C=O) groups is 2. The fourth-order valence-corrected chi connectivity index (χ4v) is 6.73. The van der Waals surface area contributed by atoms with Gasteiger partial charge >= 0.3 is 0 Å². The lowest BCUT2D eigenvalue weighted by molar-refractivity contribution is -0.961. The van der Waals surface area contributed by atoms with Crippen LogP contribution in [0.15, 0.2) is 18.2 Å². The smallest absolute Gasteiger partial charge is 0.230 e. The first-order chi connectivity index (χ1) is 16.4. The number of hydrogen-bond donors (Lipinski definition) is 2. The Kier molecular flexibility index (Phi) is 6.70.